The number of carbonyl (C=O) groups is 2. The summed E-state index contributed by atoms with van der Waals surface area (Å²) in [6, 6.07) is 6.60. The van der Waals surface area contributed by atoms with Crippen LogP contribution < -0.4 is 11.1 Å². The van der Waals surface area contributed by atoms with Crippen LogP contribution in [0.2, 0.25) is 0 Å². The maximum Gasteiger partial charge on any atom is 0.355 e. The minimum atomic E-state index is -1.08. The third-order valence-electron chi connectivity index (χ3n) is 2.32. The zero-order valence-electron chi connectivity index (χ0n) is 9.79. The number of nitrogens with zero attached hydrogens (tertiary/aromatic N) is 1. The highest BCUT2D eigenvalue weighted by Crippen LogP contribution is 2.10. The fourth-order valence-corrected chi connectivity index (χ4v) is 2.14. The van der Waals surface area contributed by atoms with Crippen molar-refractivity contribution in [3.8, 4) is 0 Å². The molecule has 19 heavy (non-hydrogen) atoms. The Hall–Kier alpha value is -2.41. The lowest BCUT2D eigenvalue weighted by molar-refractivity contribution is 0.0691. The Balaban J connectivity index is 1.98. The Morgan fingerprint density at radius 2 is 2.21 bits per heavy atom. The number of hydrogen-bond acceptors (Lipinski definition) is 5. The van der Waals surface area contributed by atoms with E-state index in [0.717, 1.165) is 0 Å². The number of thiazole rings is 1. The van der Waals surface area contributed by atoms with Crippen molar-refractivity contribution in [1.82, 2.24) is 10.3 Å². The molecular formula is C12H11N3O3S. The van der Waals surface area contributed by atoms with Gasteiger partial charge >= 0.3 is 5.97 Å². The lowest BCUT2D eigenvalue weighted by Crippen LogP contribution is -2.22. The standard InChI is InChI=1S/C12H11N3O3S/c13-8-3-1-2-7(4-8)11(16)14-5-10-15-9(6-19-10)12(17)18/h1-4,6H,5,13H2,(H,14,16)(H,17,18). The third kappa shape index (κ3) is 3.29. The summed E-state index contributed by atoms with van der Waals surface area (Å²) in [5.74, 6) is -1.36. The van der Waals surface area contributed by atoms with Gasteiger partial charge in [-0.3, -0.25) is 4.79 Å². The number of nitrogen functional groups attached to an aromatic ring is 1. The first-order valence-electron chi connectivity index (χ1n) is 5.37. The molecule has 6 nitrogen and oxygen atoms in total. The number of carboxylic acid groups (broad SMARTS) is 1. The number of carboxylic acids is 1. The van der Waals surface area contributed by atoms with Gasteiger partial charge in [0.25, 0.3) is 5.91 Å². The first kappa shape index (κ1) is 13.0. The number of rotatable bonds is 4. The molecule has 0 aliphatic carbocycles. The molecule has 0 saturated heterocycles. The third-order valence-corrected chi connectivity index (χ3v) is 3.17. The number of aromatic nitrogens is 1. The average Bonchev–Trinajstić information content (AvgIpc) is 2.85. The van der Waals surface area contributed by atoms with Crippen LogP contribution in [0.4, 0.5) is 5.69 Å². The summed E-state index contributed by atoms with van der Waals surface area (Å²) in [6.07, 6.45) is 0. The van der Waals surface area contributed by atoms with Crippen LogP contribution in [0, 0.1) is 0 Å². The molecule has 0 aliphatic rings. The van der Waals surface area contributed by atoms with Gasteiger partial charge < -0.3 is 16.2 Å². The summed E-state index contributed by atoms with van der Waals surface area (Å²) in [4.78, 5) is 26.3. The molecule has 0 unspecified atom stereocenters. The van der Waals surface area contributed by atoms with E-state index in [1.54, 1.807) is 24.3 Å². The van der Waals surface area contributed by atoms with E-state index in [9.17, 15) is 9.59 Å². The molecular weight excluding hydrogens is 266 g/mol. The van der Waals surface area contributed by atoms with Crippen molar-refractivity contribution in [2.45, 2.75) is 6.54 Å². The zero-order chi connectivity index (χ0) is 13.8. The number of nitrogens with two attached hydrogens (primary N) is 1. The van der Waals surface area contributed by atoms with Gasteiger partial charge in [0.05, 0.1) is 6.54 Å². The highest BCUT2D eigenvalue weighted by molar-refractivity contribution is 7.09. The van der Waals surface area contributed by atoms with E-state index >= 15 is 0 Å². The number of benzene rings is 1. The Morgan fingerprint density at radius 1 is 1.42 bits per heavy atom. The number of anilines is 1. The highest BCUT2D eigenvalue weighted by Gasteiger charge is 2.10. The molecule has 1 aromatic carbocycles. The molecule has 98 valence electrons. The van der Waals surface area contributed by atoms with E-state index in [2.05, 4.69) is 10.3 Å². The molecule has 0 radical (unpaired) electrons. The molecule has 0 bridgehead atoms. The van der Waals surface area contributed by atoms with Crippen molar-refractivity contribution in [2.75, 3.05) is 5.73 Å². The SMILES string of the molecule is Nc1cccc(C(=O)NCc2nc(C(=O)O)cs2)c1. The van der Waals surface area contributed by atoms with Crippen molar-refractivity contribution in [2.24, 2.45) is 0 Å². The van der Waals surface area contributed by atoms with Gasteiger partial charge in [0, 0.05) is 16.6 Å². The van der Waals surface area contributed by atoms with Crippen molar-refractivity contribution < 1.29 is 14.7 Å². The first-order valence-corrected chi connectivity index (χ1v) is 6.25. The van der Waals surface area contributed by atoms with Gasteiger partial charge in [-0.15, -0.1) is 11.3 Å². The zero-order valence-corrected chi connectivity index (χ0v) is 10.6. The summed E-state index contributed by atoms with van der Waals surface area (Å²) in [5.41, 5.74) is 6.53. The van der Waals surface area contributed by atoms with E-state index in [4.69, 9.17) is 10.8 Å². The smallest absolute Gasteiger partial charge is 0.355 e. The number of hydrogen-bond donors (Lipinski definition) is 3. The molecule has 1 aromatic heterocycles. The maximum atomic E-state index is 11.8. The molecule has 0 fully saturated rings. The predicted octanol–water partition coefficient (Wildman–Crippen LogP) is 1.35. The maximum absolute atomic E-state index is 11.8. The van der Waals surface area contributed by atoms with E-state index < -0.39 is 5.97 Å². The van der Waals surface area contributed by atoms with Gasteiger partial charge in [0.2, 0.25) is 0 Å². The number of amides is 1. The monoisotopic (exact) mass is 277 g/mol. The highest BCUT2D eigenvalue weighted by atomic mass is 32.1. The van der Waals surface area contributed by atoms with Gasteiger partial charge in [0.1, 0.15) is 5.01 Å². The topological polar surface area (TPSA) is 105 Å². The van der Waals surface area contributed by atoms with Crippen LogP contribution in [-0.2, 0) is 6.54 Å². The summed E-state index contributed by atoms with van der Waals surface area (Å²) in [7, 11) is 0. The average molecular weight is 277 g/mol. The van der Waals surface area contributed by atoms with Crippen molar-refractivity contribution in [1.29, 1.82) is 0 Å². The first-order chi connectivity index (χ1) is 9.06. The predicted molar refractivity (Wildman–Crippen MR) is 71.1 cm³/mol. The molecule has 0 aliphatic heterocycles. The summed E-state index contributed by atoms with van der Waals surface area (Å²) in [5, 5.41) is 13.4. The van der Waals surface area contributed by atoms with Crippen molar-refractivity contribution >= 4 is 28.9 Å². The van der Waals surface area contributed by atoms with Crippen molar-refractivity contribution in [3.05, 3.63) is 45.9 Å². The van der Waals surface area contributed by atoms with Crippen LogP contribution in [0.25, 0.3) is 0 Å². The molecule has 0 saturated carbocycles. The quantitative estimate of drug-likeness (QED) is 0.732. The number of nitrogens with one attached hydrogen (secondary N) is 1. The molecule has 7 heteroatoms. The molecule has 1 amide bonds. The second kappa shape index (κ2) is 5.49. The van der Waals surface area contributed by atoms with Crippen LogP contribution in [-0.4, -0.2) is 22.0 Å². The van der Waals surface area contributed by atoms with Gasteiger partial charge in [-0.05, 0) is 18.2 Å². The Bertz CT molecular complexity index is 624. The second-order valence-electron chi connectivity index (χ2n) is 3.74. The van der Waals surface area contributed by atoms with Crippen LogP contribution in [0.15, 0.2) is 29.6 Å². The summed E-state index contributed by atoms with van der Waals surface area (Å²) in [6.45, 7) is 0.186. The molecule has 0 spiro atoms. The minimum Gasteiger partial charge on any atom is -0.476 e. The van der Waals surface area contributed by atoms with Crippen LogP contribution >= 0.6 is 11.3 Å². The molecule has 2 aromatic rings. The second-order valence-corrected chi connectivity index (χ2v) is 4.68. The summed E-state index contributed by atoms with van der Waals surface area (Å²) < 4.78 is 0. The largest absolute Gasteiger partial charge is 0.476 e. The lowest BCUT2D eigenvalue weighted by Gasteiger charge is -2.03. The molecule has 0 atom stereocenters. The van der Waals surface area contributed by atoms with Crippen LogP contribution in [0.1, 0.15) is 25.9 Å². The van der Waals surface area contributed by atoms with E-state index in [1.165, 1.54) is 16.7 Å². The van der Waals surface area contributed by atoms with Crippen molar-refractivity contribution in [3.63, 3.8) is 0 Å². The van der Waals surface area contributed by atoms with E-state index in [1.807, 2.05) is 0 Å². The van der Waals surface area contributed by atoms with E-state index in [0.29, 0.717) is 16.3 Å². The Labute approximate surface area is 112 Å². The molecule has 1 heterocycles. The van der Waals surface area contributed by atoms with Gasteiger partial charge in [-0.25, -0.2) is 9.78 Å². The minimum absolute atomic E-state index is 0.0156. The van der Waals surface area contributed by atoms with Gasteiger partial charge in [-0.2, -0.15) is 0 Å². The summed E-state index contributed by atoms with van der Waals surface area (Å²) >= 11 is 1.19. The molecule has 4 N–H and O–H groups in total. The van der Waals surface area contributed by atoms with Crippen LogP contribution in [0.3, 0.4) is 0 Å². The lowest BCUT2D eigenvalue weighted by atomic mass is 10.2. The fourth-order valence-electron chi connectivity index (χ4n) is 1.43. The normalized spacial score (nSPS) is 10.1. The number of aromatic carboxylic acids is 1. The Morgan fingerprint density at radius 3 is 2.84 bits per heavy atom. The van der Waals surface area contributed by atoms with Crippen LogP contribution in [0.5, 0.6) is 0 Å². The van der Waals surface area contributed by atoms with Gasteiger partial charge in [-0.1, -0.05) is 6.07 Å². The number of carbonyl (C=O) groups excluding carboxylic acids is 1. The Kier molecular flexibility index (Phi) is 3.76. The van der Waals surface area contributed by atoms with Gasteiger partial charge in [0.15, 0.2) is 5.69 Å². The fraction of sp³-hybridized carbons (Fsp3) is 0.0833. The van der Waals surface area contributed by atoms with E-state index in [-0.39, 0.29) is 18.1 Å². The molecule has 2 rings (SSSR count).